The number of hydrogen-bond acceptors (Lipinski definition) is 4. The smallest absolute Gasteiger partial charge is 0.545 e. The zero-order chi connectivity index (χ0) is 15.9. The molecule has 0 bridgehead atoms. The minimum Gasteiger partial charge on any atom is -0.545 e. The molecule has 0 aliphatic rings. The standard InChI is InChI=1S/C18H16O4.2Na/c19-17(20)15(11-13-7-3-1-4-8-13)16(18(21)22)12-14-9-5-2-6-10-14;;/h1-10H,11-12H2,(H,19,20)(H,21,22);;/q;2*+1/p-2. The number of carbonyl (C=O) groups is 2. The first-order chi connectivity index (χ1) is 10.6. The second-order valence-corrected chi connectivity index (χ2v) is 4.86. The van der Waals surface area contributed by atoms with Crippen molar-refractivity contribution >= 4 is 11.9 Å². The van der Waals surface area contributed by atoms with Gasteiger partial charge in [-0.2, -0.15) is 0 Å². The minimum absolute atomic E-state index is 0. The largest absolute Gasteiger partial charge is 1.00 e. The maximum absolute atomic E-state index is 11.4. The molecule has 2 aromatic rings. The van der Waals surface area contributed by atoms with Crippen LogP contribution in [0.1, 0.15) is 11.1 Å². The first kappa shape index (κ1) is 23.1. The van der Waals surface area contributed by atoms with Crippen LogP contribution in [0.3, 0.4) is 0 Å². The number of aliphatic carboxylic acids is 2. The SMILES string of the molecule is O=C([O-])C(Cc1ccccc1)=C(Cc1ccccc1)C(=O)[O-].[Na+].[Na+]. The van der Waals surface area contributed by atoms with Crippen molar-refractivity contribution in [2.45, 2.75) is 12.8 Å². The number of carboxylic acids is 2. The van der Waals surface area contributed by atoms with Crippen LogP contribution < -0.4 is 69.3 Å². The summed E-state index contributed by atoms with van der Waals surface area (Å²) < 4.78 is 0. The van der Waals surface area contributed by atoms with Crippen LogP contribution in [0, 0.1) is 0 Å². The van der Waals surface area contributed by atoms with E-state index in [1.54, 1.807) is 60.7 Å². The van der Waals surface area contributed by atoms with Gasteiger partial charge >= 0.3 is 59.1 Å². The van der Waals surface area contributed by atoms with Gasteiger partial charge in [-0.05, 0) is 35.1 Å². The summed E-state index contributed by atoms with van der Waals surface area (Å²) in [6.45, 7) is 0. The van der Waals surface area contributed by atoms with E-state index in [1.165, 1.54) is 0 Å². The molecule has 6 heteroatoms. The molecule has 0 heterocycles. The van der Waals surface area contributed by atoms with E-state index in [9.17, 15) is 19.8 Å². The van der Waals surface area contributed by atoms with Crippen LogP contribution in [-0.4, -0.2) is 11.9 Å². The van der Waals surface area contributed by atoms with Crippen molar-refractivity contribution in [3.05, 3.63) is 82.9 Å². The Morgan fingerprint density at radius 1 is 0.625 bits per heavy atom. The molecule has 0 spiro atoms. The monoisotopic (exact) mass is 340 g/mol. The second kappa shape index (κ2) is 11.6. The zero-order valence-electron chi connectivity index (χ0n) is 13.8. The number of hydrogen-bond donors (Lipinski definition) is 0. The van der Waals surface area contributed by atoms with Crippen LogP contribution in [0.15, 0.2) is 71.8 Å². The maximum Gasteiger partial charge on any atom is 1.00 e. The van der Waals surface area contributed by atoms with Crippen molar-refractivity contribution in [2.75, 3.05) is 0 Å². The fourth-order valence-corrected chi connectivity index (χ4v) is 2.20. The molecule has 0 unspecified atom stereocenters. The normalized spacial score (nSPS) is 10.7. The molecule has 0 radical (unpaired) electrons. The van der Waals surface area contributed by atoms with Gasteiger partial charge in [0, 0.05) is 0 Å². The Morgan fingerprint density at radius 3 is 1.17 bits per heavy atom. The van der Waals surface area contributed by atoms with Crippen LogP contribution >= 0.6 is 0 Å². The van der Waals surface area contributed by atoms with E-state index >= 15 is 0 Å². The van der Waals surface area contributed by atoms with Gasteiger partial charge in [-0.25, -0.2) is 0 Å². The molecular weight excluding hydrogens is 326 g/mol. The first-order valence-electron chi connectivity index (χ1n) is 6.80. The van der Waals surface area contributed by atoms with Gasteiger partial charge in [0.2, 0.25) is 0 Å². The Kier molecular flexibility index (Phi) is 11.2. The molecule has 0 amide bonds. The van der Waals surface area contributed by atoms with Crippen LogP contribution in [0.25, 0.3) is 0 Å². The Bertz CT molecular complexity index is 636. The van der Waals surface area contributed by atoms with Gasteiger partial charge in [-0.3, -0.25) is 0 Å². The third kappa shape index (κ3) is 6.93. The number of carboxylic acid groups (broad SMARTS) is 2. The molecule has 112 valence electrons. The predicted molar refractivity (Wildman–Crippen MR) is 77.3 cm³/mol. The molecular formula is C18H14Na2O4. The van der Waals surface area contributed by atoms with Crippen molar-refractivity contribution in [3.63, 3.8) is 0 Å². The van der Waals surface area contributed by atoms with Gasteiger partial charge in [0.15, 0.2) is 0 Å². The molecule has 0 aliphatic heterocycles. The van der Waals surface area contributed by atoms with E-state index in [-0.39, 0.29) is 83.1 Å². The molecule has 0 aliphatic carbocycles. The van der Waals surface area contributed by atoms with E-state index in [2.05, 4.69) is 0 Å². The van der Waals surface area contributed by atoms with Gasteiger partial charge in [0.05, 0.1) is 11.9 Å². The number of carbonyl (C=O) groups excluding carboxylic acids is 2. The summed E-state index contributed by atoms with van der Waals surface area (Å²) in [6, 6.07) is 17.6. The van der Waals surface area contributed by atoms with E-state index in [1.807, 2.05) is 0 Å². The average Bonchev–Trinajstić information content (AvgIpc) is 2.52. The summed E-state index contributed by atoms with van der Waals surface area (Å²) in [5.74, 6) is -2.97. The van der Waals surface area contributed by atoms with Crippen molar-refractivity contribution in [1.29, 1.82) is 0 Å². The molecule has 24 heavy (non-hydrogen) atoms. The third-order valence-corrected chi connectivity index (χ3v) is 3.30. The van der Waals surface area contributed by atoms with E-state index < -0.39 is 11.9 Å². The summed E-state index contributed by atoms with van der Waals surface area (Å²) in [5.41, 5.74) is 0.895. The Balaban J connectivity index is 0.00000264. The molecule has 0 saturated carbocycles. The zero-order valence-corrected chi connectivity index (χ0v) is 17.8. The molecule has 2 aromatic carbocycles. The third-order valence-electron chi connectivity index (χ3n) is 3.30. The van der Waals surface area contributed by atoms with Crippen LogP contribution in [0.5, 0.6) is 0 Å². The van der Waals surface area contributed by atoms with Crippen LogP contribution in [-0.2, 0) is 22.4 Å². The van der Waals surface area contributed by atoms with Crippen LogP contribution in [0.2, 0.25) is 0 Å². The van der Waals surface area contributed by atoms with Crippen LogP contribution in [0.4, 0.5) is 0 Å². The van der Waals surface area contributed by atoms with Gasteiger partial charge in [-0.15, -0.1) is 0 Å². The summed E-state index contributed by atoms with van der Waals surface area (Å²) in [7, 11) is 0. The van der Waals surface area contributed by atoms with Crippen molar-refractivity contribution in [2.24, 2.45) is 0 Å². The Labute approximate surface area is 185 Å². The fourth-order valence-electron chi connectivity index (χ4n) is 2.20. The van der Waals surface area contributed by atoms with Gasteiger partial charge in [-0.1, -0.05) is 60.7 Å². The quantitative estimate of drug-likeness (QED) is 0.388. The van der Waals surface area contributed by atoms with Crippen molar-refractivity contribution in [1.82, 2.24) is 0 Å². The number of benzene rings is 2. The Morgan fingerprint density at radius 2 is 0.917 bits per heavy atom. The summed E-state index contributed by atoms with van der Waals surface area (Å²) in [6.07, 6.45) is -0.0291. The molecule has 0 fully saturated rings. The van der Waals surface area contributed by atoms with Crippen molar-refractivity contribution < 1.29 is 78.9 Å². The molecule has 0 aromatic heterocycles. The van der Waals surface area contributed by atoms with Crippen molar-refractivity contribution in [3.8, 4) is 0 Å². The maximum atomic E-state index is 11.4. The van der Waals surface area contributed by atoms with E-state index in [4.69, 9.17) is 0 Å². The van der Waals surface area contributed by atoms with Gasteiger partial charge in [0.25, 0.3) is 0 Å². The van der Waals surface area contributed by atoms with E-state index in [0.717, 1.165) is 0 Å². The molecule has 0 saturated heterocycles. The molecule has 0 N–H and O–H groups in total. The molecule has 4 nitrogen and oxygen atoms in total. The molecule has 0 atom stereocenters. The Hall–Kier alpha value is -0.880. The topological polar surface area (TPSA) is 80.3 Å². The second-order valence-electron chi connectivity index (χ2n) is 4.86. The first-order valence-corrected chi connectivity index (χ1v) is 6.80. The summed E-state index contributed by atoms with van der Waals surface area (Å²) in [4.78, 5) is 22.8. The predicted octanol–water partition coefficient (Wildman–Crippen LogP) is -5.72. The molecule has 2 rings (SSSR count). The summed E-state index contributed by atoms with van der Waals surface area (Å²) in [5, 5.41) is 22.8. The van der Waals surface area contributed by atoms with E-state index in [0.29, 0.717) is 11.1 Å². The summed E-state index contributed by atoms with van der Waals surface area (Å²) >= 11 is 0. The van der Waals surface area contributed by atoms with Gasteiger partial charge < -0.3 is 19.8 Å². The minimum atomic E-state index is -1.49. The number of rotatable bonds is 6. The van der Waals surface area contributed by atoms with Gasteiger partial charge in [0.1, 0.15) is 0 Å². The fraction of sp³-hybridized carbons (Fsp3) is 0.111. The average molecular weight is 340 g/mol.